The number of rotatable bonds is 7. The molecule has 0 spiro atoms. The van der Waals surface area contributed by atoms with Crippen molar-refractivity contribution < 1.29 is 9.53 Å². The molecule has 1 unspecified atom stereocenters. The highest BCUT2D eigenvalue weighted by atomic mass is 35.5. The first-order valence-corrected chi connectivity index (χ1v) is 7.29. The van der Waals surface area contributed by atoms with Crippen LogP contribution in [0.25, 0.3) is 0 Å². The van der Waals surface area contributed by atoms with E-state index in [1.165, 1.54) is 0 Å². The second-order valence-electron chi connectivity index (χ2n) is 4.87. The molecule has 0 aliphatic rings. The van der Waals surface area contributed by atoms with E-state index in [2.05, 4.69) is 5.32 Å². The summed E-state index contributed by atoms with van der Waals surface area (Å²) in [6, 6.07) is 7.09. The predicted molar refractivity (Wildman–Crippen MR) is 82.1 cm³/mol. The summed E-state index contributed by atoms with van der Waals surface area (Å²) in [5, 5.41) is 3.48. The van der Waals surface area contributed by atoms with E-state index in [-0.39, 0.29) is 11.4 Å². The molecule has 0 aliphatic heterocycles. The molecule has 1 amide bonds. The maximum absolute atomic E-state index is 12.2. The molecule has 0 aromatic heterocycles. The van der Waals surface area contributed by atoms with Gasteiger partial charge < -0.3 is 15.8 Å². The third kappa shape index (κ3) is 4.12. The van der Waals surface area contributed by atoms with Gasteiger partial charge in [-0.1, -0.05) is 37.6 Å². The number of benzene rings is 1. The smallest absolute Gasteiger partial charge is 0.261 e. The van der Waals surface area contributed by atoms with Crippen molar-refractivity contribution in [3.05, 3.63) is 29.3 Å². The summed E-state index contributed by atoms with van der Waals surface area (Å²) in [6.45, 7) is 6.13. The molecular weight excluding hydrogens is 276 g/mol. The number of nitrogens with one attached hydrogen (secondary N) is 1. The molecule has 1 aromatic rings. The first-order chi connectivity index (χ1) is 9.48. The normalized spacial score (nSPS) is 12.8. The van der Waals surface area contributed by atoms with E-state index in [4.69, 9.17) is 22.1 Å². The fourth-order valence-electron chi connectivity index (χ4n) is 1.91. The van der Waals surface area contributed by atoms with Gasteiger partial charge in [0.15, 0.2) is 6.10 Å². The van der Waals surface area contributed by atoms with E-state index in [1.54, 1.807) is 19.1 Å². The average molecular weight is 299 g/mol. The van der Waals surface area contributed by atoms with E-state index < -0.39 is 6.10 Å². The number of carbonyl (C=O) groups excluding carboxylic acids is 1. The molecule has 5 heteroatoms. The van der Waals surface area contributed by atoms with E-state index in [0.717, 1.165) is 12.8 Å². The molecule has 1 atom stereocenters. The van der Waals surface area contributed by atoms with Gasteiger partial charge in [0.2, 0.25) is 0 Å². The largest absolute Gasteiger partial charge is 0.479 e. The number of nitrogens with two attached hydrogens (primary N) is 1. The van der Waals surface area contributed by atoms with Gasteiger partial charge in [0.1, 0.15) is 5.75 Å². The summed E-state index contributed by atoms with van der Waals surface area (Å²) >= 11 is 6.01. The quantitative estimate of drug-likeness (QED) is 0.813. The van der Waals surface area contributed by atoms with Gasteiger partial charge in [-0.25, -0.2) is 0 Å². The van der Waals surface area contributed by atoms with Gasteiger partial charge in [0.25, 0.3) is 5.91 Å². The van der Waals surface area contributed by atoms with Crippen LogP contribution < -0.4 is 15.8 Å². The molecule has 0 saturated heterocycles. The summed E-state index contributed by atoms with van der Waals surface area (Å²) in [4.78, 5) is 12.2. The summed E-state index contributed by atoms with van der Waals surface area (Å²) in [7, 11) is 0. The zero-order chi connectivity index (χ0) is 15.2. The maximum Gasteiger partial charge on any atom is 0.261 e. The Labute approximate surface area is 125 Å². The number of ether oxygens (including phenoxy) is 1. The lowest BCUT2D eigenvalue weighted by molar-refractivity contribution is -0.129. The first kappa shape index (κ1) is 16.8. The van der Waals surface area contributed by atoms with Crippen molar-refractivity contribution in [1.82, 2.24) is 5.32 Å². The second kappa shape index (κ2) is 7.50. The van der Waals surface area contributed by atoms with E-state index >= 15 is 0 Å². The minimum atomic E-state index is -0.626. The zero-order valence-corrected chi connectivity index (χ0v) is 13.0. The highest BCUT2D eigenvalue weighted by molar-refractivity contribution is 6.32. The lowest BCUT2D eigenvalue weighted by atomic mass is 9.92. The van der Waals surface area contributed by atoms with Crippen LogP contribution in [0, 0.1) is 0 Å². The molecule has 0 heterocycles. The van der Waals surface area contributed by atoms with Crippen LogP contribution in [0.2, 0.25) is 5.02 Å². The molecule has 0 radical (unpaired) electrons. The number of amides is 1. The average Bonchev–Trinajstić information content (AvgIpc) is 2.47. The fourth-order valence-corrected chi connectivity index (χ4v) is 2.09. The van der Waals surface area contributed by atoms with Crippen LogP contribution in [0.5, 0.6) is 5.75 Å². The molecule has 1 aromatic carbocycles. The minimum Gasteiger partial charge on any atom is -0.479 e. The van der Waals surface area contributed by atoms with Crippen LogP contribution in [0.1, 0.15) is 33.6 Å². The van der Waals surface area contributed by atoms with Crippen molar-refractivity contribution in [2.45, 2.75) is 45.3 Å². The molecule has 0 fully saturated rings. The molecule has 3 N–H and O–H groups in total. The Hall–Kier alpha value is -1.26. The molecule has 0 aliphatic carbocycles. The lowest BCUT2D eigenvalue weighted by Gasteiger charge is -2.32. The van der Waals surface area contributed by atoms with Crippen molar-refractivity contribution in [1.29, 1.82) is 0 Å². The maximum atomic E-state index is 12.2. The first-order valence-electron chi connectivity index (χ1n) is 6.91. The Morgan fingerprint density at radius 1 is 1.40 bits per heavy atom. The lowest BCUT2D eigenvalue weighted by Crippen LogP contribution is -2.55. The van der Waals surface area contributed by atoms with Crippen molar-refractivity contribution >= 4 is 17.5 Å². The van der Waals surface area contributed by atoms with Crippen LogP contribution >= 0.6 is 11.6 Å². The molecular formula is C15H23ClN2O2. The second-order valence-corrected chi connectivity index (χ2v) is 5.28. The molecule has 0 saturated carbocycles. The summed E-state index contributed by atoms with van der Waals surface area (Å²) in [5.41, 5.74) is 5.41. The number of para-hydroxylation sites is 1. The van der Waals surface area contributed by atoms with Crippen LogP contribution in [0.3, 0.4) is 0 Å². The molecule has 112 valence electrons. The predicted octanol–water partition coefficient (Wildman–Crippen LogP) is 2.74. The zero-order valence-electron chi connectivity index (χ0n) is 12.3. The van der Waals surface area contributed by atoms with Gasteiger partial charge in [-0.05, 0) is 31.9 Å². The number of hydrogen-bond acceptors (Lipinski definition) is 3. The Bertz CT molecular complexity index is 439. The van der Waals surface area contributed by atoms with E-state index in [0.29, 0.717) is 17.3 Å². The van der Waals surface area contributed by atoms with Crippen molar-refractivity contribution in [2.75, 3.05) is 6.54 Å². The third-order valence-electron chi connectivity index (χ3n) is 3.64. The van der Waals surface area contributed by atoms with Crippen LogP contribution in [-0.2, 0) is 4.79 Å². The van der Waals surface area contributed by atoms with Crippen molar-refractivity contribution in [3.63, 3.8) is 0 Å². The van der Waals surface area contributed by atoms with Crippen LogP contribution in [-0.4, -0.2) is 24.1 Å². The number of carbonyl (C=O) groups is 1. The number of hydrogen-bond donors (Lipinski definition) is 2. The van der Waals surface area contributed by atoms with Gasteiger partial charge in [-0.15, -0.1) is 0 Å². The Morgan fingerprint density at radius 3 is 2.50 bits per heavy atom. The molecule has 4 nitrogen and oxygen atoms in total. The van der Waals surface area contributed by atoms with Crippen LogP contribution in [0.4, 0.5) is 0 Å². The molecule has 20 heavy (non-hydrogen) atoms. The SMILES string of the molecule is CCC(CC)(CN)NC(=O)C(C)Oc1ccccc1Cl. The molecule has 1 rings (SSSR count). The Morgan fingerprint density at radius 2 is 2.00 bits per heavy atom. The van der Waals surface area contributed by atoms with Gasteiger partial charge in [-0.2, -0.15) is 0 Å². The summed E-state index contributed by atoms with van der Waals surface area (Å²) < 4.78 is 5.60. The van der Waals surface area contributed by atoms with Crippen molar-refractivity contribution in [2.24, 2.45) is 5.73 Å². The Kier molecular flexibility index (Phi) is 6.30. The van der Waals surface area contributed by atoms with Gasteiger partial charge in [0.05, 0.1) is 10.6 Å². The minimum absolute atomic E-state index is 0.181. The highest BCUT2D eigenvalue weighted by Crippen LogP contribution is 2.24. The van der Waals surface area contributed by atoms with Crippen molar-refractivity contribution in [3.8, 4) is 5.75 Å². The van der Waals surface area contributed by atoms with E-state index in [9.17, 15) is 4.79 Å². The monoisotopic (exact) mass is 298 g/mol. The molecule has 0 bridgehead atoms. The van der Waals surface area contributed by atoms with E-state index in [1.807, 2.05) is 26.0 Å². The van der Waals surface area contributed by atoms with Gasteiger partial charge >= 0.3 is 0 Å². The third-order valence-corrected chi connectivity index (χ3v) is 3.95. The van der Waals surface area contributed by atoms with Gasteiger partial charge in [0, 0.05) is 6.54 Å². The standard InChI is InChI=1S/C15H23ClN2O2/c1-4-15(5-2,10-17)18-14(19)11(3)20-13-9-7-6-8-12(13)16/h6-9,11H,4-5,10,17H2,1-3H3,(H,18,19). The Balaban J connectivity index is 2.70. The summed E-state index contributed by atoms with van der Waals surface area (Å²) in [6.07, 6.45) is 0.939. The highest BCUT2D eigenvalue weighted by Gasteiger charge is 2.29. The fraction of sp³-hybridized carbons (Fsp3) is 0.533. The van der Waals surface area contributed by atoms with Crippen LogP contribution in [0.15, 0.2) is 24.3 Å². The topological polar surface area (TPSA) is 64.3 Å². The summed E-state index contributed by atoms with van der Waals surface area (Å²) in [5.74, 6) is 0.322. The van der Waals surface area contributed by atoms with Gasteiger partial charge in [-0.3, -0.25) is 4.79 Å². The number of halogens is 1.